The average molecular weight is 267 g/mol. The highest BCUT2D eigenvalue weighted by atomic mass is 32.2. The van der Waals surface area contributed by atoms with E-state index in [1.807, 2.05) is 0 Å². The largest absolute Gasteiger partial charge is 0.611 e. The zero-order valence-corrected chi connectivity index (χ0v) is 10.7. The van der Waals surface area contributed by atoms with Gasteiger partial charge in [-0.25, -0.2) is 4.39 Å². The molecule has 1 fully saturated rings. The van der Waals surface area contributed by atoms with E-state index in [1.54, 1.807) is 19.2 Å². The van der Waals surface area contributed by atoms with E-state index in [4.69, 9.17) is 5.41 Å². The Kier molecular flexibility index (Phi) is 3.88. The second-order valence-corrected chi connectivity index (χ2v) is 5.38. The Morgan fingerprint density at radius 2 is 2.28 bits per heavy atom. The quantitative estimate of drug-likeness (QED) is 0.731. The molecule has 0 aromatic heterocycles. The maximum Gasteiger partial charge on any atom is 0.213 e. The normalized spacial score (nSPS) is 21.9. The van der Waals surface area contributed by atoms with Gasteiger partial charge in [-0.1, -0.05) is 6.07 Å². The number of anilines is 1. The van der Waals surface area contributed by atoms with Crippen molar-refractivity contribution in [3.63, 3.8) is 0 Å². The van der Waals surface area contributed by atoms with Gasteiger partial charge in [-0.2, -0.15) is 0 Å². The molecule has 6 heteroatoms. The third-order valence-corrected chi connectivity index (χ3v) is 4.09. The SMILES string of the molecule is CN/C(Nc1cccc(F)c1)=C1\C(=N)CC[S+]1[O-]. The minimum atomic E-state index is -1.16. The molecule has 18 heavy (non-hydrogen) atoms. The van der Waals surface area contributed by atoms with Crippen LogP contribution in [0.25, 0.3) is 0 Å². The zero-order chi connectivity index (χ0) is 13.1. The van der Waals surface area contributed by atoms with Crippen LogP contribution in [0.2, 0.25) is 0 Å². The number of benzene rings is 1. The van der Waals surface area contributed by atoms with E-state index in [0.29, 0.717) is 34.3 Å². The molecule has 96 valence electrons. The molecule has 0 amide bonds. The third-order valence-electron chi connectivity index (χ3n) is 2.61. The number of allylic oxidation sites excluding steroid dienone is 1. The Morgan fingerprint density at radius 3 is 2.83 bits per heavy atom. The molecule has 0 aliphatic carbocycles. The first-order valence-electron chi connectivity index (χ1n) is 5.52. The predicted octanol–water partition coefficient (Wildman–Crippen LogP) is 1.80. The highest BCUT2D eigenvalue weighted by molar-refractivity contribution is 7.96. The van der Waals surface area contributed by atoms with E-state index < -0.39 is 11.2 Å². The van der Waals surface area contributed by atoms with Crippen LogP contribution in [-0.2, 0) is 11.2 Å². The lowest BCUT2D eigenvalue weighted by molar-refractivity contribution is 0.604. The molecule has 1 aromatic rings. The van der Waals surface area contributed by atoms with Crippen LogP contribution in [0, 0.1) is 11.2 Å². The van der Waals surface area contributed by atoms with Crippen LogP contribution >= 0.6 is 0 Å². The van der Waals surface area contributed by atoms with Crippen LogP contribution in [-0.4, -0.2) is 23.1 Å². The molecule has 0 saturated carbocycles. The first-order chi connectivity index (χ1) is 8.61. The van der Waals surface area contributed by atoms with E-state index in [1.165, 1.54) is 12.1 Å². The molecule has 1 aliphatic rings. The van der Waals surface area contributed by atoms with E-state index in [0.717, 1.165) is 0 Å². The lowest BCUT2D eigenvalue weighted by Gasteiger charge is -2.14. The second-order valence-electron chi connectivity index (χ2n) is 3.87. The van der Waals surface area contributed by atoms with Crippen LogP contribution < -0.4 is 10.6 Å². The van der Waals surface area contributed by atoms with Gasteiger partial charge >= 0.3 is 0 Å². The molecule has 0 bridgehead atoms. The van der Waals surface area contributed by atoms with Gasteiger partial charge in [-0.15, -0.1) is 0 Å². The summed E-state index contributed by atoms with van der Waals surface area (Å²) in [6, 6.07) is 6.00. The number of hydrogen-bond acceptors (Lipinski definition) is 4. The first-order valence-corrected chi connectivity index (χ1v) is 6.84. The number of nitrogens with one attached hydrogen (secondary N) is 3. The molecule has 1 aromatic carbocycles. The fraction of sp³-hybridized carbons (Fsp3) is 0.250. The molecule has 0 spiro atoms. The Balaban J connectivity index is 2.29. The van der Waals surface area contributed by atoms with E-state index in [2.05, 4.69) is 10.6 Å². The van der Waals surface area contributed by atoms with Crippen molar-refractivity contribution in [2.24, 2.45) is 0 Å². The highest BCUT2D eigenvalue weighted by Crippen LogP contribution is 2.24. The van der Waals surface area contributed by atoms with E-state index >= 15 is 0 Å². The summed E-state index contributed by atoms with van der Waals surface area (Å²) in [7, 11) is 1.68. The molecule has 0 radical (unpaired) electrons. The molecular weight excluding hydrogens is 253 g/mol. The standard InChI is InChI=1S/C12H14FN3OS/c1-15-12(11-10(14)5-6-18(11)17)16-9-4-2-3-8(13)7-9/h2-4,7,14-16H,5-6H2,1H3/b12-11-,14-10?. The third kappa shape index (κ3) is 2.65. The van der Waals surface area contributed by atoms with Crippen molar-refractivity contribution in [2.75, 3.05) is 18.1 Å². The van der Waals surface area contributed by atoms with Crippen LogP contribution in [0.3, 0.4) is 0 Å². The summed E-state index contributed by atoms with van der Waals surface area (Å²) in [6.45, 7) is 0. The van der Waals surface area contributed by atoms with E-state index in [-0.39, 0.29) is 5.82 Å². The van der Waals surface area contributed by atoms with Crippen LogP contribution in [0.5, 0.6) is 0 Å². The van der Waals surface area contributed by atoms with Crippen molar-refractivity contribution >= 4 is 22.6 Å². The number of halogens is 1. The average Bonchev–Trinajstić information content (AvgIpc) is 2.67. The molecule has 2 rings (SSSR count). The first kappa shape index (κ1) is 12.9. The van der Waals surface area contributed by atoms with Crippen molar-refractivity contribution in [1.29, 1.82) is 5.41 Å². The number of hydrogen-bond donors (Lipinski definition) is 3. The molecule has 3 N–H and O–H groups in total. The molecule has 1 unspecified atom stereocenters. The minimum Gasteiger partial charge on any atom is -0.611 e. The molecule has 1 aliphatic heterocycles. The van der Waals surface area contributed by atoms with Crippen LogP contribution in [0.4, 0.5) is 10.1 Å². The maximum absolute atomic E-state index is 13.1. The summed E-state index contributed by atoms with van der Waals surface area (Å²) in [5.74, 6) is 0.633. The summed E-state index contributed by atoms with van der Waals surface area (Å²) in [5, 5.41) is 13.6. The summed E-state index contributed by atoms with van der Waals surface area (Å²) in [4.78, 5) is 0.474. The van der Waals surface area contributed by atoms with Gasteiger partial charge in [0, 0.05) is 19.2 Å². The summed E-state index contributed by atoms with van der Waals surface area (Å²) < 4.78 is 24.9. The van der Waals surface area contributed by atoms with Gasteiger partial charge in [0.1, 0.15) is 11.6 Å². The van der Waals surface area contributed by atoms with Crippen molar-refractivity contribution in [3.8, 4) is 0 Å². The van der Waals surface area contributed by atoms with Crippen molar-refractivity contribution in [1.82, 2.24) is 5.32 Å². The summed E-state index contributed by atoms with van der Waals surface area (Å²) >= 11 is -1.16. The van der Waals surface area contributed by atoms with Gasteiger partial charge in [0.25, 0.3) is 0 Å². The Bertz CT molecular complexity index is 504. The lowest BCUT2D eigenvalue weighted by Crippen LogP contribution is -2.21. The lowest BCUT2D eigenvalue weighted by atomic mass is 10.2. The van der Waals surface area contributed by atoms with Gasteiger partial charge in [0.05, 0.1) is 5.71 Å². The van der Waals surface area contributed by atoms with Gasteiger partial charge in [0.15, 0.2) is 5.82 Å². The summed E-state index contributed by atoms with van der Waals surface area (Å²) in [6.07, 6.45) is 0.512. The van der Waals surface area contributed by atoms with Gasteiger partial charge in [-0.05, 0) is 29.4 Å². The van der Waals surface area contributed by atoms with Gasteiger partial charge in [-0.3, -0.25) is 5.41 Å². The molecule has 1 atom stereocenters. The zero-order valence-electron chi connectivity index (χ0n) is 9.92. The smallest absolute Gasteiger partial charge is 0.213 e. The molecule has 1 saturated heterocycles. The van der Waals surface area contributed by atoms with E-state index in [9.17, 15) is 8.94 Å². The highest BCUT2D eigenvalue weighted by Gasteiger charge is 2.32. The number of rotatable bonds is 3. The molecule has 1 heterocycles. The Morgan fingerprint density at radius 1 is 1.50 bits per heavy atom. The second kappa shape index (κ2) is 5.41. The summed E-state index contributed by atoms with van der Waals surface area (Å²) in [5.41, 5.74) is 0.921. The predicted molar refractivity (Wildman–Crippen MR) is 71.5 cm³/mol. The molecule has 4 nitrogen and oxygen atoms in total. The monoisotopic (exact) mass is 267 g/mol. The fourth-order valence-electron chi connectivity index (χ4n) is 1.76. The molecular formula is C12H14FN3OS. The topological polar surface area (TPSA) is 71.0 Å². The fourth-order valence-corrected chi connectivity index (χ4v) is 3.11. The Hall–Kier alpha value is -1.53. The Labute approximate surface area is 108 Å². The maximum atomic E-state index is 13.1. The van der Waals surface area contributed by atoms with Crippen LogP contribution in [0.1, 0.15) is 6.42 Å². The van der Waals surface area contributed by atoms with Gasteiger partial charge in [0.2, 0.25) is 4.91 Å². The minimum absolute atomic E-state index is 0.344. The van der Waals surface area contributed by atoms with Crippen molar-refractivity contribution < 1.29 is 8.94 Å². The van der Waals surface area contributed by atoms with Crippen LogP contribution in [0.15, 0.2) is 35.0 Å². The van der Waals surface area contributed by atoms with Crippen molar-refractivity contribution in [2.45, 2.75) is 6.42 Å². The van der Waals surface area contributed by atoms with Gasteiger partial charge < -0.3 is 15.2 Å². The van der Waals surface area contributed by atoms with Crippen molar-refractivity contribution in [3.05, 3.63) is 40.8 Å².